The molecule has 0 aliphatic heterocycles. The van der Waals surface area contributed by atoms with Crippen molar-refractivity contribution < 1.29 is 12.8 Å². The van der Waals surface area contributed by atoms with Crippen LogP contribution in [0.4, 0.5) is 10.1 Å². The molecule has 1 rings (SSSR count). The van der Waals surface area contributed by atoms with Crippen LogP contribution in [0.25, 0.3) is 0 Å². The van der Waals surface area contributed by atoms with E-state index in [9.17, 15) is 12.8 Å². The van der Waals surface area contributed by atoms with Gasteiger partial charge in [0.25, 0.3) is 0 Å². The third-order valence-electron chi connectivity index (χ3n) is 1.80. The Hall–Kier alpha value is -0.620. The van der Waals surface area contributed by atoms with E-state index in [2.05, 4.69) is 20.7 Å². The van der Waals surface area contributed by atoms with Crippen molar-refractivity contribution in [1.82, 2.24) is 0 Å². The van der Waals surface area contributed by atoms with Crippen LogP contribution in [-0.2, 0) is 10.0 Å². The molecule has 0 spiro atoms. The number of hydrogen-bond donors (Lipinski definition) is 1. The number of hydrogen-bond acceptors (Lipinski definition) is 2. The lowest BCUT2D eigenvalue weighted by molar-refractivity contribution is 0.592. The fourth-order valence-electron chi connectivity index (χ4n) is 0.847. The van der Waals surface area contributed by atoms with Gasteiger partial charge in [-0.15, -0.1) is 0 Å². The number of nitrogens with one attached hydrogen (secondary N) is 1. The van der Waals surface area contributed by atoms with Crippen LogP contribution in [0.5, 0.6) is 0 Å². The highest BCUT2D eigenvalue weighted by atomic mass is 79.9. The van der Waals surface area contributed by atoms with Crippen molar-refractivity contribution in [2.75, 3.05) is 4.72 Å². The molecule has 0 heterocycles. The first-order chi connectivity index (χ1) is 6.83. The average molecular weight is 296 g/mol. The summed E-state index contributed by atoms with van der Waals surface area (Å²) in [5.41, 5.74) is 0.212. The Morgan fingerprint density at radius 3 is 2.53 bits per heavy atom. The maximum Gasteiger partial charge on any atom is 0.235 e. The summed E-state index contributed by atoms with van der Waals surface area (Å²) < 4.78 is 38.7. The maximum absolute atomic E-state index is 12.9. The number of sulfonamides is 1. The first-order valence-electron chi connectivity index (χ1n) is 4.29. The van der Waals surface area contributed by atoms with Gasteiger partial charge in [0.15, 0.2) is 0 Å². The normalized spacial score (nSPS) is 11.8. The summed E-state index contributed by atoms with van der Waals surface area (Å²) in [4.78, 5) is 0. The first kappa shape index (κ1) is 12.4. The molecular weight excluding hydrogens is 285 g/mol. The maximum atomic E-state index is 12.9. The minimum absolute atomic E-state index is 0.212. The summed E-state index contributed by atoms with van der Waals surface area (Å²) in [7, 11) is -3.44. The van der Waals surface area contributed by atoms with Gasteiger partial charge in [-0.3, -0.25) is 4.72 Å². The van der Waals surface area contributed by atoms with Crippen LogP contribution in [0, 0.1) is 5.82 Å². The molecule has 6 heteroatoms. The Balaban J connectivity index is 3.05. The fourth-order valence-corrected chi connectivity index (χ4v) is 2.03. The zero-order valence-corrected chi connectivity index (χ0v) is 10.7. The quantitative estimate of drug-likeness (QED) is 0.932. The molecule has 1 aromatic rings. The summed E-state index contributed by atoms with van der Waals surface area (Å²) in [5, 5.41) is -0.562. The van der Waals surface area contributed by atoms with E-state index in [1.807, 2.05) is 0 Å². The summed E-state index contributed by atoms with van der Waals surface area (Å²) in [6.07, 6.45) is 0. The number of benzene rings is 1. The minimum atomic E-state index is -3.44. The molecule has 0 saturated carbocycles. The summed E-state index contributed by atoms with van der Waals surface area (Å²) in [6.45, 7) is 3.10. The average Bonchev–Trinajstić information content (AvgIpc) is 2.10. The van der Waals surface area contributed by atoms with Crippen LogP contribution in [0.1, 0.15) is 13.8 Å². The van der Waals surface area contributed by atoms with Crippen molar-refractivity contribution in [1.29, 1.82) is 0 Å². The van der Waals surface area contributed by atoms with E-state index in [-0.39, 0.29) is 5.69 Å². The van der Waals surface area contributed by atoms with Crippen LogP contribution in [0.15, 0.2) is 22.7 Å². The van der Waals surface area contributed by atoms with Gasteiger partial charge >= 0.3 is 0 Å². The SMILES string of the molecule is CC(C)S(=O)(=O)Nc1cc(F)ccc1Br. The highest BCUT2D eigenvalue weighted by molar-refractivity contribution is 9.10. The molecule has 0 amide bonds. The monoisotopic (exact) mass is 295 g/mol. The van der Waals surface area contributed by atoms with Crippen molar-refractivity contribution in [3.05, 3.63) is 28.5 Å². The molecular formula is C9H11BrFNO2S. The van der Waals surface area contributed by atoms with E-state index in [0.29, 0.717) is 4.47 Å². The molecule has 0 atom stereocenters. The Morgan fingerprint density at radius 1 is 1.40 bits per heavy atom. The Bertz CT molecular complexity index is 459. The molecule has 84 valence electrons. The number of halogens is 2. The lowest BCUT2D eigenvalue weighted by Gasteiger charge is -2.11. The van der Waals surface area contributed by atoms with Gasteiger partial charge in [-0.25, -0.2) is 12.8 Å². The van der Waals surface area contributed by atoms with Crippen molar-refractivity contribution in [2.45, 2.75) is 19.1 Å². The smallest absolute Gasteiger partial charge is 0.235 e. The topological polar surface area (TPSA) is 46.2 Å². The lowest BCUT2D eigenvalue weighted by Crippen LogP contribution is -2.22. The predicted molar refractivity (Wildman–Crippen MR) is 61.8 cm³/mol. The third-order valence-corrected chi connectivity index (χ3v) is 4.24. The Kier molecular flexibility index (Phi) is 3.72. The van der Waals surface area contributed by atoms with Crippen LogP contribution >= 0.6 is 15.9 Å². The molecule has 0 radical (unpaired) electrons. The second-order valence-corrected chi connectivity index (χ2v) is 6.41. The molecule has 0 bridgehead atoms. The van der Waals surface area contributed by atoms with E-state index < -0.39 is 21.1 Å². The Morgan fingerprint density at radius 2 is 2.00 bits per heavy atom. The summed E-state index contributed by atoms with van der Waals surface area (Å²) in [5.74, 6) is -0.486. The molecule has 0 aromatic heterocycles. The molecule has 1 N–H and O–H groups in total. The number of rotatable bonds is 3. The van der Waals surface area contributed by atoms with Gasteiger partial charge in [-0.2, -0.15) is 0 Å². The predicted octanol–water partition coefficient (Wildman–Crippen LogP) is 2.74. The number of anilines is 1. The Labute approximate surface area is 96.9 Å². The van der Waals surface area contributed by atoms with E-state index >= 15 is 0 Å². The first-order valence-corrected chi connectivity index (χ1v) is 6.63. The van der Waals surface area contributed by atoms with Crippen molar-refractivity contribution in [3.8, 4) is 0 Å². The molecule has 1 aromatic carbocycles. The molecule has 3 nitrogen and oxygen atoms in total. The molecule has 0 fully saturated rings. The molecule has 0 unspecified atom stereocenters. The third kappa shape index (κ3) is 3.17. The van der Waals surface area contributed by atoms with E-state index in [1.165, 1.54) is 12.1 Å². The largest absolute Gasteiger partial charge is 0.282 e. The van der Waals surface area contributed by atoms with Gasteiger partial charge in [-0.1, -0.05) is 0 Å². The van der Waals surface area contributed by atoms with Crippen molar-refractivity contribution in [2.24, 2.45) is 0 Å². The molecule has 0 saturated heterocycles. The molecule has 15 heavy (non-hydrogen) atoms. The van der Waals surface area contributed by atoms with Gasteiger partial charge in [0.2, 0.25) is 10.0 Å². The van der Waals surface area contributed by atoms with Crippen LogP contribution in [-0.4, -0.2) is 13.7 Å². The van der Waals surface area contributed by atoms with Gasteiger partial charge in [-0.05, 0) is 48.0 Å². The van der Waals surface area contributed by atoms with Gasteiger partial charge in [0, 0.05) is 4.47 Å². The summed E-state index contributed by atoms with van der Waals surface area (Å²) in [6, 6.07) is 3.83. The standard InChI is InChI=1S/C9H11BrFNO2S/c1-6(2)15(13,14)12-9-5-7(11)3-4-8(9)10/h3-6,12H,1-2H3. The van der Waals surface area contributed by atoms with Gasteiger partial charge in [0.05, 0.1) is 10.9 Å². The zero-order valence-electron chi connectivity index (χ0n) is 8.29. The fraction of sp³-hybridized carbons (Fsp3) is 0.333. The van der Waals surface area contributed by atoms with E-state index in [1.54, 1.807) is 13.8 Å². The van der Waals surface area contributed by atoms with Gasteiger partial charge in [0.1, 0.15) is 5.82 Å². The van der Waals surface area contributed by atoms with E-state index in [4.69, 9.17) is 0 Å². The van der Waals surface area contributed by atoms with Crippen LogP contribution in [0.3, 0.4) is 0 Å². The van der Waals surface area contributed by atoms with Crippen LogP contribution < -0.4 is 4.72 Å². The molecule has 0 aliphatic rings. The van der Waals surface area contributed by atoms with Crippen LogP contribution in [0.2, 0.25) is 0 Å². The minimum Gasteiger partial charge on any atom is -0.282 e. The highest BCUT2D eigenvalue weighted by Gasteiger charge is 2.17. The second kappa shape index (κ2) is 4.49. The van der Waals surface area contributed by atoms with Crippen molar-refractivity contribution >= 4 is 31.6 Å². The molecule has 0 aliphatic carbocycles. The highest BCUT2D eigenvalue weighted by Crippen LogP contribution is 2.24. The van der Waals surface area contributed by atoms with Crippen molar-refractivity contribution in [3.63, 3.8) is 0 Å². The second-order valence-electron chi connectivity index (χ2n) is 3.32. The lowest BCUT2D eigenvalue weighted by atomic mass is 10.3. The van der Waals surface area contributed by atoms with Gasteiger partial charge < -0.3 is 0 Å². The van der Waals surface area contributed by atoms with E-state index in [0.717, 1.165) is 6.07 Å². The zero-order chi connectivity index (χ0) is 11.6. The summed E-state index contributed by atoms with van der Waals surface area (Å²) >= 11 is 3.14.